The van der Waals surface area contributed by atoms with Crippen LogP contribution in [0, 0.1) is 11.3 Å². The Hall–Kier alpha value is -1.57. The van der Waals surface area contributed by atoms with Gasteiger partial charge in [0.25, 0.3) is 0 Å². The van der Waals surface area contributed by atoms with Gasteiger partial charge in [-0.1, -0.05) is 0 Å². The fourth-order valence-electron chi connectivity index (χ4n) is 0.697. The summed E-state index contributed by atoms with van der Waals surface area (Å²) in [5, 5.41) is 10.4. The summed E-state index contributed by atoms with van der Waals surface area (Å²) in [6, 6.07) is 1.08. The van der Waals surface area contributed by atoms with E-state index in [4.69, 9.17) is 5.26 Å². The molecule has 5 heteroatoms. The average molecular weight is 153 g/mol. The summed E-state index contributed by atoms with van der Waals surface area (Å²) in [4.78, 5) is 22.4. The molecule has 58 valence electrons. The van der Waals surface area contributed by atoms with Gasteiger partial charge in [0.1, 0.15) is 6.04 Å². The molecular formula is C6H7N3O2. The van der Waals surface area contributed by atoms with E-state index in [0.717, 1.165) is 0 Å². The number of urea groups is 1. The summed E-state index contributed by atoms with van der Waals surface area (Å²) in [5.41, 5.74) is 0. The number of carbonyl (C=O) groups is 2. The van der Waals surface area contributed by atoms with E-state index >= 15 is 0 Å². The summed E-state index contributed by atoms with van der Waals surface area (Å²) >= 11 is 0. The van der Waals surface area contributed by atoms with Crippen LogP contribution in [0.5, 0.6) is 0 Å². The van der Waals surface area contributed by atoms with Gasteiger partial charge in [0.05, 0.1) is 12.6 Å². The molecule has 1 N–H and O–H groups in total. The largest absolute Gasteiger partial charge is 0.325 e. The third-order valence-corrected chi connectivity index (χ3v) is 1.31. The number of rotatable bonds is 0. The van der Waals surface area contributed by atoms with Crippen molar-refractivity contribution < 1.29 is 9.59 Å². The van der Waals surface area contributed by atoms with Gasteiger partial charge in [-0.15, -0.1) is 0 Å². The summed E-state index contributed by atoms with van der Waals surface area (Å²) in [6.45, 7) is 1.68. The van der Waals surface area contributed by atoms with Gasteiger partial charge >= 0.3 is 6.03 Å². The smallest absolute Gasteiger partial charge is 0.303 e. The zero-order valence-corrected chi connectivity index (χ0v) is 6.00. The number of hydrogen-bond acceptors (Lipinski definition) is 3. The minimum atomic E-state index is -0.482. The number of hydrogen-bond donors (Lipinski definition) is 1. The molecule has 0 aromatic carbocycles. The van der Waals surface area contributed by atoms with E-state index in [1.54, 1.807) is 0 Å². The summed E-state index contributed by atoms with van der Waals surface area (Å²) in [5.74, 6) is -0.404. The number of imide groups is 1. The molecule has 1 heterocycles. The third kappa shape index (κ3) is 1.67. The van der Waals surface area contributed by atoms with Gasteiger partial charge in [0, 0.05) is 6.92 Å². The molecule has 1 saturated heterocycles. The van der Waals surface area contributed by atoms with Crippen molar-refractivity contribution in [3.8, 4) is 6.07 Å². The molecular weight excluding hydrogens is 146 g/mol. The second-order valence-electron chi connectivity index (χ2n) is 2.28. The SMILES string of the molecule is CC(=O)NC(=O)N1CC1C#N. The van der Waals surface area contributed by atoms with Crippen LogP contribution in [0.25, 0.3) is 0 Å². The molecule has 0 aromatic rings. The highest BCUT2D eigenvalue weighted by atomic mass is 16.2. The monoisotopic (exact) mass is 153 g/mol. The van der Waals surface area contributed by atoms with Crippen molar-refractivity contribution in [1.29, 1.82) is 5.26 Å². The molecule has 0 aliphatic carbocycles. The first kappa shape index (κ1) is 7.54. The van der Waals surface area contributed by atoms with Crippen molar-refractivity contribution in [3.05, 3.63) is 0 Å². The van der Waals surface area contributed by atoms with E-state index in [1.807, 2.05) is 6.07 Å². The summed E-state index contributed by atoms with van der Waals surface area (Å²) in [7, 11) is 0. The van der Waals surface area contributed by atoms with Crippen molar-refractivity contribution in [2.75, 3.05) is 6.54 Å². The Bertz CT molecular complexity index is 243. The Labute approximate surface area is 63.6 Å². The average Bonchev–Trinajstić information content (AvgIpc) is 2.63. The normalized spacial score (nSPS) is 20.4. The maximum Gasteiger partial charge on any atom is 0.325 e. The van der Waals surface area contributed by atoms with Crippen molar-refractivity contribution in [1.82, 2.24) is 10.2 Å². The highest BCUT2D eigenvalue weighted by Gasteiger charge is 2.38. The maximum absolute atomic E-state index is 10.8. The minimum absolute atomic E-state index is 0.339. The lowest BCUT2D eigenvalue weighted by molar-refractivity contribution is -0.118. The quantitative estimate of drug-likeness (QED) is 0.474. The Kier molecular flexibility index (Phi) is 1.77. The van der Waals surface area contributed by atoms with Crippen molar-refractivity contribution in [2.24, 2.45) is 0 Å². The van der Waals surface area contributed by atoms with Gasteiger partial charge < -0.3 is 4.90 Å². The highest BCUT2D eigenvalue weighted by Crippen LogP contribution is 2.14. The minimum Gasteiger partial charge on any atom is -0.303 e. The van der Waals surface area contributed by atoms with Crippen LogP contribution in [0.2, 0.25) is 0 Å². The predicted octanol–water partition coefficient (Wildman–Crippen LogP) is -0.550. The molecule has 5 nitrogen and oxygen atoms in total. The molecule has 1 aliphatic heterocycles. The lowest BCUT2D eigenvalue weighted by Crippen LogP contribution is -2.32. The highest BCUT2D eigenvalue weighted by molar-refractivity contribution is 5.94. The third-order valence-electron chi connectivity index (χ3n) is 1.31. The summed E-state index contributed by atoms with van der Waals surface area (Å²) < 4.78 is 0. The number of nitrogens with zero attached hydrogens (tertiary/aromatic N) is 2. The fraction of sp³-hybridized carbons (Fsp3) is 0.500. The number of amides is 3. The maximum atomic E-state index is 10.8. The van der Waals surface area contributed by atoms with E-state index < -0.39 is 11.9 Å². The van der Waals surface area contributed by atoms with Gasteiger partial charge in [-0.2, -0.15) is 5.26 Å². The van der Waals surface area contributed by atoms with Crippen LogP contribution in [-0.4, -0.2) is 29.4 Å². The van der Waals surface area contributed by atoms with Crippen molar-refractivity contribution >= 4 is 11.9 Å². The summed E-state index contributed by atoms with van der Waals surface area (Å²) in [6.07, 6.45) is 0. The zero-order chi connectivity index (χ0) is 8.43. The second kappa shape index (κ2) is 2.58. The molecule has 1 atom stereocenters. The van der Waals surface area contributed by atoms with Gasteiger partial charge in [-0.25, -0.2) is 4.79 Å². The van der Waals surface area contributed by atoms with E-state index in [-0.39, 0.29) is 6.04 Å². The topological polar surface area (TPSA) is 73.0 Å². The molecule has 1 aliphatic rings. The van der Waals surface area contributed by atoms with Crippen LogP contribution in [0.1, 0.15) is 6.92 Å². The molecule has 0 aromatic heterocycles. The fourth-order valence-corrected chi connectivity index (χ4v) is 0.697. The van der Waals surface area contributed by atoms with Gasteiger partial charge in [-0.05, 0) is 0 Å². The van der Waals surface area contributed by atoms with Crippen LogP contribution >= 0.6 is 0 Å². The molecule has 0 spiro atoms. The van der Waals surface area contributed by atoms with Crippen molar-refractivity contribution in [3.63, 3.8) is 0 Å². The standard InChI is InChI=1S/C6H7N3O2/c1-4(10)8-6(11)9-3-5(9)2-7/h5H,3H2,1H3,(H,8,10,11). The zero-order valence-electron chi connectivity index (χ0n) is 6.00. The Balaban J connectivity index is 2.35. The molecule has 0 radical (unpaired) electrons. The first-order valence-electron chi connectivity index (χ1n) is 3.13. The molecule has 3 amide bonds. The molecule has 1 fully saturated rings. The van der Waals surface area contributed by atoms with Crippen LogP contribution in [0.15, 0.2) is 0 Å². The molecule has 0 saturated carbocycles. The van der Waals surface area contributed by atoms with E-state index in [1.165, 1.54) is 11.8 Å². The molecule has 0 bridgehead atoms. The first-order chi connectivity index (χ1) is 5.15. The van der Waals surface area contributed by atoms with Crippen LogP contribution < -0.4 is 5.32 Å². The Morgan fingerprint density at radius 3 is 2.73 bits per heavy atom. The predicted molar refractivity (Wildman–Crippen MR) is 35.3 cm³/mol. The van der Waals surface area contributed by atoms with Crippen LogP contribution in [0.4, 0.5) is 4.79 Å². The van der Waals surface area contributed by atoms with E-state index in [2.05, 4.69) is 5.32 Å². The van der Waals surface area contributed by atoms with Crippen LogP contribution in [0.3, 0.4) is 0 Å². The number of carbonyl (C=O) groups excluding carboxylic acids is 2. The van der Waals surface area contributed by atoms with E-state index in [0.29, 0.717) is 6.54 Å². The molecule has 1 rings (SSSR count). The van der Waals surface area contributed by atoms with Crippen LogP contribution in [-0.2, 0) is 4.79 Å². The van der Waals surface area contributed by atoms with Gasteiger partial charge in [0.2, 0.25) is 5.91 Å². The van der Waals surface area contributed by atoms with E-state index in [9.17, 15) is 9.59 Å². The Morgan fingerprint density at radius 2 is 2.36 bits per heavy atom. The van der Waals surface area contributed by atoms with Crippen molar-refractivity contribution in [2.45, 2.75) is 13.0 Å². The van der Waals surface area contributed by atoms with Gasteiger partial charge in [-0.3, -0.25) is 10.1 Å². The van der Waals surface area contributed by atoms with Gasteiger partial charge in [0.15, 0.2) is 0 Å². The number of nitrogens with one attached hydrogen (secondary N) is 1. The molecule has 11 heavy (non-hydrogen) atoms. The Morgan fingerprint density at radius 1 is 1.73 bits per heavy atom. The lowest BCUT2D eigenvalue weighted by atomic mass is 10.5. The molecule has 1 unspecified atom stereocenters. The first-order valence-corrected chi connectivity index (χ1v) is 3.13. The second-order valence-corrected chi connectivity index (χ2v) is 2.28. The lowest BCUT2D eigenvalue weighted by Gasteiger charge is -1.99. The number of nitriles is 1.